The molecule has 1 heterocycles. The zero-order valence-electron chi connectivity index (χ0n) is 14.3. The summed E-state index contributed by atoms with van der Waals surface area (Å²) >= 11 is 2.13. The van der Waals surface area contributed by atoms with E-state index < -0.39 is 11.8 Å². The average Bonchev–Trinajstić information content (AvgIpc) is 2.91. The lowest BCUT2D eigenvalue weighted by molar-refractivity contribution is -0.117. The lowest BCUT2D eigenvalue weighted by Gasteiger charge is -2.14. The van der Waals surface area contributed by atoms with Crippen molar-refractivity contribution in [2.45, 2.75) is 6.92 Å². The van der Waals surface area contributed by atoms with Gasteiger partial charge in [-0.15, -0.1) is 0 Å². The maximum Gasteiger partial charge on any atom is 0.282 e. The molecule has 26 heavy (non-hydrogen) atoms. The molecule has 1 fully saturated rings. The predicted octanol–water partition coefficient (Wildman–Crippen LogP) is 3.16. The number of ether oxygens (including phenoxy) is 2. The molecular weight excluding hydrogens is 447 g/mol. The number of nitrogens with zero attached hydrogens (tertiary/aromatic N) is 1. The first-order chi connectivity index (χ1) is 12.5. The van der Waals surface area contributed by atoms with Gasteiger partial charge in [0.05, 0.1) is 23.0 Å². The highest BCUT2D eigenvalue weighted by Gasteiger charge is 2.34. The Kier molecular flexibility index (Phi) is 5.46. The maximum atomic E-state index is 12.7. The molecule has 0 aromatic heterocycles. The van der Waals surface area contributed by atoms with Crippen molar-refractivity contribution >= 4 is 46.2 Å². The van der Waals surface area contributed by atoms with E-state index in [9.17, 15) is 9.59 Å². The van der Waals surface area contributed by atoms with Gasteiger partial charge >= 0.3 is 0 Å². The van der Waals surface area contributed by atoms with Crippen LogP contribution < -0.4 is 19.9 Å². The molecule has 0 radical (unpaired) electrons. The molecule has 2 aromatic carbocycles. The Morgan fingerprint density at radius 1 is 1.19 bits per heavy atom. The van der Waals surface area contributed by atoms with Crippen LogP contribution in [0.5, 0.6) is 11.5 Å². The number of nitrogens with one attached hydrogen (secondary N) is 1. The molecule has 2 amide bonds. The first-order valence-corrected chi connectivity index (χ1v) is 9.05. The van der Waals surface area contributed by atoms with Crippen LogP contribution >= 0.6 is 22.6 Å². The van der Waals surface area contributed by atoms with Crippen molar-refractivity contribution in [2.75, 3.05) is 18.7 Å². The third kappa shape index (κ3) is 3.52. The Labute approximate surface area is 164 Å². The monoisotopic (exact) mass is 464 g/mol. The van der Waals surface area contributed by atoms with E-state index in [2.05, 4.69) is 28.0 Å². The fourth-order valence-electron chi connectivity index (χ4n) is 2.62. The van der Waals surface area contributed by atoms with Crippen molar-refractivity contribution in [3.63, 3.8) is 0 Å². The normalized spacial score (nSPS) is 15.3. The Morgan fingerprint density at radius 2 is 1.92 bits per heavy atom. The van der Waals surface area contributed by atoms with Gasteiger partial charge in [-0.1, -0.05) is 18.2 Å². The molecule has 134 valence electrons. The Bertz CT molecular complexity index is 881. The number of methoxy groups -OCH3 is 1. The van der Waals surface area contributed by atoms with Gasteiger partial charge in [0.1, 0.15) is 5.57 Å². The van der Waals surface area contributed by atoms with E-state index in [1.807, 2.05) is 19.1 Å². The number of benzene rings is 2. The Hall–Kier alpha value is -2.55. The molecule has 1 aliphatic heterocycles. The lowest BCUT2D eigenvalue weighted by atomic mass is 10.1. The number of hydrogen-bond donors (Lipinski definition) is 1. The standard InChI is InChI=1S/C19H17IN2O4/c1-3-26-16-11-12(10-15(20)17(16)25-2)9-14-18(23)21-22(19(14)24)13-7-5-4-6-8-13/h4-11H,3H2,1-2H3,(H,21,23)/b14-9-. The number of amides is 2. The molecule has 0 spiro atoms. The molecule has 3 rings (SSSR count). The summed E-state index contributed by atoms with van der Waals surface area (Å²) in [6.45, 7) is 2.36. The zero-order chi connectivity index (χ0) is 18.7. The van der Waals surface area contributed by atoms with Crippen molar-refractivity contribution < 1.29 is 19.1 Å². The van der Waals surface area contributed by atoms with Crippen LogP contribution in [0.1, 0.15) is 12.5 Å². The number of hydrazine groups is 1. The van der Waals surface area contributed by atoms with Gasteiger partial charge in [-0.2, -0.15) is 0 Å². The summed E-state index contributed by atoms with van der Waals surface area (Å²) in [6, 6.07) is 12.5. The number of halogens is 1. The summed E-state index contributed by atoms with van der Waals surface area (Å²) in [7, 11) is 1.57. The van der Waals surface area contributed by atoms with E-state index >= 15 is 0 Å². The van der Waals surface area contributed by atoms with Crippen LogP contribution in [0.3, 0.4) is 0 Å². The van der Waals surface area contributed by atoms with Crippen molar-refractivity contribution in [3.8, 4) is 11.5 Å². The molecule has 0 unspecified atom stereocenters. The second-order valence-electron chi connectivity index (χ2n) is 5.44. The van der Waals surface area contributed by atoms with Gasteiger partial charge in [-0.05, 0) is 65.4 Å². The number of para-hydroxylation sites is 1. The lowest BCUT2D eigenvalue weighted by Crippen LogP contribution is -2.35. The number of rotatable bonds is 5. The number of anilines is 1. The van der Waals surface area contributed by atoms with E-state index in [0.29, 0.717) is 29.4 Å². The number of hydrogen-bond acceptors (Lipinski definition) is 4. The van der Waals surface area contributed by atoms with Gasteiger partial charge in [0.25, 0.3) is 11.8 Å². The highest BCUT2D eigenvalue weighted by molar-refractivity contribution is 14.1. The molecule has 0 atom stereocenters. The molecule has 1 aliphatic rings. The molecule has 7 heteroatoms. The van der Waals surface area contributed by atoms with Gasteiger partial charge in [0.2, 0.25) is 0 Å². The van der Waals surface area contributed by atoms with Crippen molar-refractivity contribution in [1.82, 2.24) is 5.43 Å². The summed E-state index contributed by atoms with van der Waals surface area (Å²) in [4.78, 5) is 24.9. The Balaban J connectivity index is 1.97. The minimum atomic E-state index is -0.442. The maximum absolute atomic E-state index is 12.7. The molecule has 1 saturated heterocycles. The Morgan fingerprint density at radius 3 is 2.58 bits per heavy atom. The van der Waals surface area contributed by atoms with Crippen LogP contribution in [-0.2, 0) is 9.59 Å². The third-order valence-corrected chi connectivity index (χ3v) is 4.55. The van der Waals surface area contributed by atoms with E-state index in [1.165, 1.54) is 5.01 Å². The molecule has 0 saturated carbocycles. The third-order valence-electron chi connectivity index (χ3n) is 3.75. The molecule has 2 aromatic rings. The van der Waals surface area contributed by atoms with E-state index in [0.717, 1.165) is 3.57 Å². The van der Waals surface area contributed by atoms with Crippen molar-refractivity contribution in [1.29, 1.82) is 0 Å². The second-order valence-corrected chi connectivity index (χ2v) is 6.60. The van der Waals surface area contributed by atoms with Gasteiger partial charge in [-0.25, -0.2) is 5.01 Å². The van der Waals surface area contributed by atoms with E-state index in [-0.39, 0.29) is 5.57 Å². The molecule has 6 nitrogen and oxygen atoms in total. The van der Waals surface area contributed by atoms with Gasteiger partial charge in [0.15, 0.2) is 11.5 Å². The first kappa shape index (κ1) is 18.2. The highest BCUT2D eigenvalue weighted by atomic mass is 127. The predicted molar refractivity (Wildman–Crippen MR) is 107 cm³/mol. The van der Waals surface area contributed by atoms with Crippen LogP contribution in [0, 0.1) is 3.57 Å². The average molecular weight is 464 g/mol. The number of carbonyl (C=O) groups is 2. The summed E-state index contributed by atoms with van der Waals surface area (Å²) < 4.78 is 11.8. The van der Waals surface area contributed by atoms with Gasteiger partial charge in [0, 0.05) is 0 Å². The summed E-state index contributed by atoms with van der Waals surface area (Å²) in [6.07, 6.45) is 1.56. The zero-order valence-corrected chi connectivity index (χ0v) is 16.4. The van der Waals surface area contributed by atoms with Crippen LogP contribution in [0.4, 0.5) is 5.69 Å². The smallest absolute Gasteiger partial charge is 0.282 e. The fraction of sp³-hybridized carbons (Fsp3) is 0.158. The minimum absolute atomic E-state index is 0.0669. The van der Waals surface area contributed by atoms with E-state index in [1.54, 1.807) is 43.5 Å². The van der Waals surface area contributed by atoms with Gasteiger partial charge in [-0.3, -0.25) is 15.0 Å². The quantitative estimate of drug-likeness (QED) is 0.420. The minimum Gasteiger partial charge on any atom is -0.492 e. The largest absolute Gasteiger partial charge is 0.492 e. The summed E-state index contributed by atoms with van der Waals surface area (Å²) in [5, 5.41) is 1.24. The molecular formula is C19H17IN2O4. The number of carbonyl (C=O) groups excluding carboxylic acids is 2. The first-order valence-electron chi connectivity index (χ1n) is 7.97. The summed E-state index contributed by atoms with van der Waals surface area (Å²) in [5.41, 5.74) is 3.95. The van der Waals surface area contributed by atoms with Crippen molar-refractivity contribution in [2.24, 2.45) is 0 Å². The highest BCUT2D eigenvalue weighted by Crippen LogP contribution is 2.35. The van der Waals surface area contributed by atoms with Crippen LogP contribution in [0.2, 0.25) is 0 Å². The summed E-state index contributed by atoms with van der Waals surface area (Å²) in [5.74, 6) is 0.356. The molecule has 0 bridgehead atoms. The van der Waals surface area contributed by atoms with Crippen molar-refractivity contribution in [3.05, 3.63) is 57.2 Å². The van der Waals surface area contributed by atoms with Crippen LogP contribution in [0.25, 0.3) is 6.08 Å². The van der Waals surface area contributed by atoms with Crippen LogP contribution in [0.15, 0.2) is 48.0 Å². The van der Waals surface area contributed by atoms with Gasteiger partial charge < -0.3 is 9.47 Å². The second kappa shape index (κ2) is 7.77. The van der Waals surface area contributed by atoms with E-state index in [4.69, 9.17) is 9.47 Å². The molecule has 0 aliphatic carbocycles. The topological polar surface area (TPSA) is 67.9 Å². The fourth-order valence-corrected chi connectivity index (χ4v) is 3.46. The molecule has 1 N–H and O–H groups in total. The SMILES string of the molecule is CCOc1cc(/C=C2/C(=O)NN(c3ccccc3)C2=O)cc(I)c1OC. The van der Waals surface area contributed by atoms with Crippen LogP contribution in [-0.4, -0.2) is 25.5 Å².